The van der Waals surface area contributed by atoms with Gasteiger partial charge in [0.2, 0.25) is 5.95 Å². The molecule has 2 N–H and O–H groups in total. The van der Waals surface area contributed by atoms with E-state index in [0.29, 0.717) is 5.02 Å². The molecule has 0 aliphatic heterocycles. The quantitative estimate of drug-likeness (QED) is 0.816. The molecule has 0 aliphatic carbocycles. The SMILES string of the molecule is Nc1nccc(Sc2cccc(Cl)c2)n1. The number of halogens is 1. The molecule has 3 nitrogen and oxygen atoms in total. The van der Waals surface area contributed by atoms with Gasteiger partial charge in [0.15, 0.2) is 0 Å². The molecule has 2 rings (SSSR count). The summed E-state index contributed by atoms with van der Waals surface area (Å²) in [5.41, 5.74) is 5.48. The lowest BCUT2D eigenvalue weighted by Crippen LogP contribution is -1.93. The van der Waals surface area contributed by atoms with Gasteiger partial charge in [-0.05, 0) is 24.3 Å². The third-order valence-electron chi connectivity index (χ3n) is 1.67. The minimum atomic E-state index is 0.280. The van der Waals surface area contributed by atoms with Crippen LogP contribution >= 0.6 is 23.4 Å². The maximum absolute atomic E-state index is 5.87. The number of nitrogens with zero attached hydrogens (tertiary/aromatic N) is 2. The number of hydrogen-bond acceptors (Lipinski definition) is 4. The fourth-order valence-corrected chi connectivity index (χ4v) is 2.16. The Morgan fingerprint density at radius 2 is 2.13 bits per heavy atom. The Morgan fingerprint density at radius 3 is 2.87 bits per heavy atom. The predicted octanol–water partition coefficient (Wildman–Crippen LogP) is 2.86. The van der Waals surface area contributed by atoms with Crippen LogP contribution in [0.3, 0.4) is 0 Å². The highest BCUT2D eigenvalue weighted by Crippen LogP contribution is 2.27. The number of aromatic nitrogens is 2. The predicted molar refractivity (Wildman–Crippen MR) is 62.0 cm³/mol. The van der Waals surface area contributed by atoms with Gasteiger partial charge >= 0.3 is 0 Å². The van der Waals surface area contributed by atoms with Crippen LogP contribution < -0.4 is 5.73 Å². The van der Waals surface area contributed by atoms with Crippen molar-refractivity contribution in [1.29, 1.82) is 0 Å². The summed E-state index contributed by atoms with van der Waals surface area (Å²) in [5, 5.41) is 1.52. The summed E-state index contributed by atoms with van der Waals surface area (Å²) in [6.07, 6.45) is 1.63. The summed E-state index contributed by atoms with van der Waals surface area (Å²) in [6.45, 7) is 0. The van der Waals surface area contributed by atoms with Crippen LogP contribution in [-0.2, 0) is 0 Å². The van der Waals surface area contributed by atoms with Gasteiger partial charge in [0.1, 0.15) is 5.03 Å². The van der Waals surface area contributed by atoms with Gasteiger partial charge in [-0.3, -0.25) is 0 Å². The van der Waals surface area contributed by atoms with Gasteiger partial charge in [-0.2, -0.15) is 0 Å². The van der Waals surface area contributed by atoms with Crippen LogP contribution in [0.4, 0.5) is 5.95 Å². The molecule has 0 aliphatic rings. The Morgan fingerprint density at radius 1 is 1.27 bits per heavy atom. The average molecular weight is 238 g/mol. The van der Waals surface area contributed by atoms with Crippen molar-refractivity contribution in [2.45, 2.75) is 9.92 Å². The van der Waals surface area contributed by atoms with Crippen LogP contribution in [0.5, 0.6) is 0 Å². The van der Waals surface area contributed by atoms with Crippen molar-refractivity contribution in [3.63, 3.8) is 0 Å². The average Bonchev–Trinajstić information content (AvgIpc) is 2.17. The van der Waals surface area contributed by atoms with E-state index in [9.17, 15) is 0 Å². The number of hydrogen-bond donors (Lipinski definition) is 1. The molecule has 0 saturated carbocycles. The van der Waals surface area contributed by atoms with E-state index in [4.69, 9.17) is 17.3 Å². The van der Waals surface area contributed by atoms with E-state index in [-0.39, 0.29) is 5.95 Å². The van der Waals surface area contributed by atoms with Gasteiger partial charge in [-0.1, -0.05) is 29.4 Å². The highest BCUT2D eigenvalue weighted by Gasteiger charge is 2.00. The first kappa shape index (κ1) is 10.3. The van der Waals surface area contributed by atoms with Crippen LogP contribution in [0, 0.1) is 0 Å². The molecule has 1 aromatic carbocycles. The standard InChI is InChI=1S/C10H8ClN3S/c11-7-2-1-3-8(6-7)15-9-4-5-13-10(12)14-9/h1-6H,(H2,12,13,14). The fourth-order valence-electron chi connectivity index (χ4n) is 1.06. The molecule has 0 fully saturated rings. The number of benzene rings is 1. The van der Waals surface area contributed by atoms with Crippen molar-refractivity contribution in [1.82, 2.24) is 9.97 Å². The highest BCUT2D eigenvalue weighted by molar-refractivity contribution is 7.99. The number of nitrogen functional groups attached to an aromatic ring is 1. The topological polar surface area (TPSA) is 51.8 Å². The second-order valence-corrected chi connectivity index (χ2v) is 4.34. The second-order valence-electron chi connectivity index (χ2n) is 2.81. The summed E-state index contributed by atoms with van der Waals surface area (Å²) in [5.74, 6) is 0.280. The zero-order chi connectivity index (χ0) is 10.7. The number of rotatable bonds is 2. The maximum atomic E-state index is 5.87. The number of anilines is 1. The Labute approximate surface area is 96.7 Å². The van der Waals surface area contributed by atoms with E-state index in [0.717, 1.165) is 9.92 Å². The second kappa shape index (κ2) is 4.51. The Hall–Kier alpha value is -1.26. The smallest absolute Gasteiger partial charge is 0.221 e. The molecule has 1 heterocycles. The monoisotopic (exact) mass is 237 g/mol. The Bertz CT molecular complexity index is 432. The molecule has 0 unspecified atom stereocenters. The molecule has 1 aromatic heterocycles. The van der Waals surface area contributed by atoms with Crippen LogP contribution in [0.15, 0.2) is 46.5 Å². The first-order chi connectivity index (χ1) is 7.24. The summed E-state index contributed by atoms with van der Waals surface area (Å²) in [4.78, 5) is 8.94. The lowest BCUT2D eigenvalue weighted by Gasteiger charge is -2.01. The summed E-state index contributed by atoms with van der Waals surface area (Å²) >= 11 is 7.37. The number of nitrogens with two attached hydrogens (primary N) is 1. The molecule has 0 atom stereocenters. The van der Waals surface area contributed by atoms with Gasteiger partial charge in [0.25, 0.3) is 0 Å². The van der Waals surface area contributed by atoms with Crippen molar-refractivity contribution >= 4 is 29.3 Å². The first-order valence-corrected chi connectivity index (χ1v) is 5.45. The van der Waals surface area contributed by atoms with Gasteiger partial charge in [-0.15, -0.1) is 0 Å². The van der Waals surface area contributed by atoms with Crippen LogP contribution in [0.2, 0.25) is 5.02 Å². The molecule has 76 valence electrons. The molecule has 0 bridgehead atoms. The summed E-state index contributed by atoms with van der Waals surface area (Å²) < 4.78 is 0. The Kier molecular flexibility index (Phi) is 3.08. The van der Waals surface area contributed by atoms with E-state index in [1.54, 1.807) is 6.20 Å². The van der Waals surface area contributed by atoms with E-state index >= 15 is 0 Å². The molecule has 15 heavy (non-hydrogen) atoms. The van der Waals surface area contributed by atoms with Crippen molar-refractivity contribution in [2.75, 3.05) is 5.73 Å². The highest BCUT2D eigenvalue weighted by atomic mass is 35.5. The molecule has 0 saturated heterocycles. The fraction of sp³-hybridized carbons (Fsp3) is 0. The maximum Gasteiger partial charge on any atom is 0.221 e. The van der Waals surface area contributed by atoms with Crippen molar-refractivity contribution < 1.29 is 0 Å². The first-order valence-electron chi connectivity index (χ1n) is 4.26. The van der Waals surface area contributed by atoms with Gasteiger partial charge in [-0.25, -0.2) is 9.97 Å². The van der Waals surface area contributed by atoms with E-state index in [1.165, 1.54) is 11.8 Å². The van der Waals surface area contributed by atoms with Gasteiger partial charge in [0.05, 0.1) is 0 Å². The molecule has 5 heteroatoms. The van der Waals surface area contributed by atoms with Crippen molar-refractivity contribution in [3.8, 4) is 0 Å². The third kappa shape index (κ3) is 2.84. The molecule has 0 radical (unpaired) electrons. The lowest BCUT2D eigenvalue weighted by atomic mass is 10.4. The zero-order valence-corrected chi connectivity index (χ0v) is 9.29. The minimum Gasteiger partial charge on any atom is -0.368 e. The van der Waals surface area contributed by atoms with Gasteiger partial charge in [0, 0.05) is 16.1 Å². The minimum absolute atomic E-state index is 0.280. The largest absolute Gasteiger partial charge is 0.368 e. The molecule has 2 aromatic rings. The van der Waals surface area contributed by atoms with Crippen molar-refractivity contribution in [2.24, 2.45) is 0 Å². The molecule has 0 amide bonds. The molecular formula is C10H8ClN3S. The normalized spacial score (nSPS) is 10.2. The van der Waals surface area contributed by atoms with E-state index in [2.05, 4.69) is 9.97 Å². The van der Waals surface area contributed by atoms with E-state index < -0.39 is 0 Å². The third-order valence-corrected chi connectivity index (χ3v) is 2.83. The summed E-state index contributed by atoms with van der Waals surface area (Å²) in [6, 6.07) is 9.39. The van der Waals surface area contributed by atoms with Crippen LogP contribution in [-0.4, -0.2) is 9.97 Å². The Balaban J connectivity index is 2.22. The summed E-state index contributed by atoms with van der Waals surface area (Å²) in [7, 11) is 0. The van der Waals surface area contributed by atoms with Crippen molar-refractivity contribution in [3.05, 3.63) is 41.6 Å². The molecular weight excluding hydrogens is 230 g/mol. The lowest BCUT2D eigenvalue weighted by molar-refractivity contribution is 1.06. The van der Waals surface area contributed by atoms with E-state index in [1.807, 2.05) is 30.3 Å². The zero-order valence-electron chi connectivity index (χ0n) is 7.72. The van der Waals surface area contributed by atoms with Crippen LogP contribution in [0.25, 0.3) is 0 Å². The van der Waals surface area contributed by atoms with Gasteiger partial charge < -0.3 is 5.73 Å². The molecule has 0 spiro atoms. The van der Waals surface area contributed by atoms with Crippen LogP contribution in [0.1, 0.15) is 0 Å².